The molecule has 0 heterocycles. The van der Waals surface area contributed by atoms with E-state index in [9.17, 15) is 4.79 Å². The molecule has 1 unspecified atom stereocenters. The average molecular weight is 292 g/mol. The van der Waals surface area contributed by atoms with Crippen LogP contribution in [0.4, 0.5) is 0 Å². The number of benzene rings is 1. The van der Waals surface area contributed by atoms with Crippen LogP contribution in [0.5, 0.6) is 5.75 Å². The maximum absolute atomic E-state index is 12.0. The molecule has 4 heteroatoms. The Bertz CT molecular complexity index is 416. The number of amides is 1. The summed E-state index contributed by atoms with van der Waals surface area (Å²) in [6.07, 6.45) is 2.40. The molecule has 0 aliphatic heterocycles. The molecule has 0 bridgehead atoms. The van der Waals surface area contributed by atoms with Crippen molar-refractivity contribution >= 4 is 5.91 Å². The van der Waals surface area contributed by atoms with Crippen LogP contribution in [-0.2, 0) is 4.79 Å². The quantitative estimate of drug-likeness (QED) is 0.735. The number of hydrogen-bond donors (Lipinski definition) is 2. The largest absolute Gasteiger partial charge is 0.494 e. The third-order valence-corrected chi connectivity index (χ3v) is 4.03. The first-order valence-corrected chi connectivity index (χ1v) is 7.75. The van der Waals surface area contributed by atoms with Gasteiger partial charge in [0.15, 0.2) is 0 Å². The van der Waals surface area contributed by atoms with E-state index in [0.29, 0.717) is 19.6 Å². The fourth-order valence-electron chi connectivity index (χ4n) is 1.94. The zero-order chi connectivity index (χ0) is 15.7. The van der Waals surface area contributed by atoms with Gasteiger partial charge >= 0.3 is 0 Å². The molecule has 0 aliphatic carbocycles. The van der Waals surface area contributed by atoms with E-state index < -0.39 is 0 Å². The zero-order valence-corrected chi connectivity index (χ0v) is 13.4. The van der Waals surface area contributed by atoms with Gasteiger partial charge in [0.05, 0.1) is 6.61 Å². The lowest BCUT2D eigenvalue weighted by molar-refractivity contribution is -0.125. The Morgan fingerprint density at radius 1 is 1.29 bits per heavy atom. The van der Waals surface area contributed by atoms with Gasteiger partial charge < -0.3 is 15.8 Å². The molecule has 1 aromatic carbocycles. The minimum atomic E-state index is -0.296. The lowest BCUT2D eigenvalue weighted by Gasteiger charge is -2.27. The monoisotopic (exact) mass is 292 g/mol. The van der Waals surface area contributed by atoms with Crippen LogP contribution in [-0.4, -0.2) is 24.6 Å². The maximum Gasteiger partial charge on any atom is 0.223 e. The third kappa shape index (κ3) is 6.17. The molecule has 0 aromatic heterocycles. The Kier molecular flexibility index (Phi) is 7.23. The minimum Gasteiger partial charge on any atom is -0.494 e. The first-order valence-electron chi connectivity index (χ1n) is 7.75. The Labute approximate surface area is 128 Å². The van der Waals surface area contributed by atoms with Crippen molar-refractivity contribution in [3.05, 3.63) is 30.3 Å². The van der Waals surface area contributed by atoms with Gasteiger partial charge in [-0.2, -0.15) is 0 Å². The van der Waals surface area contributed by atoms with E-state index in [2.05, 4.69) is 5.32 Å². The fourth-order valence-corrected chi connectivity index (χ4v) is 1.94. The summed E-state index contributed by atoms with van der Waals surface area (Å²) in [6.45, 7) is 7.08. The second kappa shape index (κ2) is 8.67. The molecule has 0 spiro atoms. The molecule has 21 heavy (non-hydrogen) atoms. The van der Waals surface area contributed by atoms with Gasteiger partial charge in [-0.25, -0.2) is 0 Å². The van der Waals surface area contributed by atoms with E-state index in [0.717, 1.165) is 18.6 Å². The number of carbonyl (C=O) groups excluding carboxylic acids is 1. The van der Waals surface area contributed by atoms with Crippen molar-refractivity contribution in [1.29, 1.82) is 0 Å². The van der Waals surface area contributed by atoms with E-state index in [-0.39, 0.29) is 17.4 Å². The van der Waals surface area contributed by atoms with E-state index in [1.165, 1.54) is 0 Å². The highest BCUT2D eigenvalue weighted by Crippen LogP contribution is 2.12. The van der Waals surface area contributed by atoms with Crippen LogP contribution in [0.1, 0.15) is 40.0 Å². The molecule has 0 radical (unpaired) electrons. The number of rotatable bonds is 9. The SMILES string of the molecule is CCC(N)(CC)CNC(=O)C(C)CCOc1ccccc1. The van der Waals surface area contributed by atoms with Gasteiger partial charge in [-0.15, -0.1) is 0 Å². The summed E-state index contributed by atoms with van der Waals surface area (Å²) >= 11 is 0. The normalized spacial score (nSPS) is 12.8. The van der Waals surface area contributed by atoms with Gasteiger partial charge in [0.1, 0.15) is 5.75 Å². The van der Waals surface area contributed by atoms with Crippen LogP contribution in [0.15, 0.2) is 30.3 Å². The van der Waals surface area contributed by atoms with Crippen LogP contribution in [0.3, 0.4) is 0 Å². The molecule has 0 saturated heterocycles. The summed E-state index contributed by atoms with van der Waals surface area (Å²) in [4.78, 5) is 12.0. The molecular formula is C17H28N2O2. The predicted octanol–water partition coefficient (Wildman–Crippen LogP) is 2.73. The summed E-state index contributed by atoms with van der Waals surface area (Å²) in [5.74, 6) is 0.804. The van der Waals surface area contributed by atoms with Crippen molar-refractivity contribution in [2.45, 2.75) is 45.6 Å². The third-order valence-electron chi connectivity index (χ3n) is 4.03. The Morgan fingerprint density at radius 3 is 2.48 bits per heavy atom. The van der Waals surface area contributed by atoms with E-state index in [4.69, 9.17) is 10.5 Å². The van der Waals surface area contributed by atoms with Crippen molar-refractivity contribution in [2.24, 2.45) is 11.7 Å². The van der Waals surface area contributed by atoms with Crippen molar-refractivity contribution in [3.63, 3.8) is 0 Å². The van der Waals surface area contributed by atoms with Crippen molar-refractivity contribution in [2.75, 3.05) is 13.2 Å². The lowest BCUT2D eigenvalue weighted by atomic mass is 9.94. The second-order valence-electron chi connectivity index (χ2n) is 5.64. The smallest absolute Gasteiger partial charge is 0.223 e. The van der Waals surface area contributed by atoms with Gasteiger partial charge in [-0.05, 0) is 31.4 Å². The summed E-state index contributed by atoms with van der Waals surface area (Å²) in [7, 11) is 0. The predicted molar refractivity (Wildman–Crippen MR) is 86.2 cm³/mol. The van der Waals surface area contributed by atoms with Gasteiger partial charge in [-0.3, -0.25) is 4.79 Å². The second-order valence-corrected chi connectivity index (χ2v) is 5.64. The highest BCUT2D eigenvalue weighted by molar-refractivity contribution is 5.78. The van der Waals surface area contributed by atoms with Crippen molar-refractivity contribution in [3.8, 4) is 5.75 Å². The highest BCUT2D eigenvalue weighted by Gasteiger charge is 2.22. The molecule has 1 aromatic rings. The van der Waals surface area contributed by atoms with Crippen LogP contribution in [0, 0.1) is 5.92 Å². The van der Waals surface area contributed by atoms with Gasteiger partial charge in [0.2, 0.25) is 5.91 Å². The summed E-state index contributed by atoms with van der Waals surface area (Å²) in [5.41, 5.74) is 5.89. The Morgan fingerprint density at radius 2 is 1.90 bits per heavy atom. The number of carbonyl (C=O) groups is 1. The Hall–Kier alpha value is -1.55. The lowest BCUT2D eigenvalue weighted by Crippen LogP contribution is -2.50. The first kappa shape index (κ1) is 17.5. The molecule has 1 rings (SSSR count). The summed E-state index contributed by atoms with van der Waals surface area (Å²) in [5, 5.41) is 2.95. The van der Waals surface area contributed by atoms with Gasteiger partial charge in [-0.1, -0.05) is 39.0 Å². The molecule has 0 aliphatic rings. The summed E-state index contributed by atoms with van der Waals surface area (Å²) < 4.78 is 5.61. The standard InChI is InChI=1S/C17H28N2O2/c1-4-17(18,5-2)13-19-16(20)14(3)11-12-21-15-9-7-6-8-10-15/h6-10,14H,4-5,11-13,18H2,1-3H3,(H,19,20). The van der Waals surface area contributed by atoms with Crippen molar-refractivity contribution in [1.82, 2.24) is 5.32 Å². The van der Waals surface area contributed by atoms with Crippen LogP contribution in [0.25, 0.3) is 0 Å². The highest BCUT2D eigenvalue weighted by atomic mass is 16.5. The van der Waals surface area contributed by atoms with Crippen LogP contribution in [0.2, 0.25) is 0 Å². The molecule has 0 fully saturated rings. The zero-order valence-electron chi connectivity index (χ0n) is 13.4. The minimum absolute atomic E-state index is 0.0448. The average Bonchev–Trinajstić information content (AvgIpc) is 2.53. The van der Waals surface area contributed by atoms with Crippen molar-refractivity contribution < 1.29 is 9.53 Å². The number of nitrogens with one attached hydrogen (secondary N) is 1. The number of nitrogens with two attached hydrogens (primary N) is 1. The summed E-state index contributed by atoms with van der Waals surface area (Å²) in [6, 6.07) is 9.64. The fraction of sp³-hybridized carbons (Fsp3) is 0.588. The molecule has 118 valence electrons. The number of ether oxygens (including phenoxy) is 1. The maximum atomic E-state index is 12.0. The number of para-hydroxylation sites is 1. The van der Waals surface area contributed by atoms with Crippen LogP contribution >= 0.6 is 0 Å². The van der Waals surface area contributed by atoms with Gasteiger partial charge in [0.25, 0.3) is 0 Å². The molecule has 1 atom stereocenters. The van der Waals surface area contributed by atoms with E-state index in [1.54, 1.807) is 0 Å². The van der Waals surface area contributed by atoms with Gasteiger partial charge in [0, 0.05) is 18.0 Å². The van der Waals surface area contributed by atoms with E-state index in [1.807, 2.05) is 51.1 Å². The topological polar surface area (TPSA) is 64.3 Å². The van der Waals surface area contributed by atoms with E-state index >= 15 is 0 Å². The Balaban J connectivity index is 2.28. The van der Waals surface area contributed by atoms with Crippen LogP contribution < -0.4 is 15.8 Å². The molecule has 0 saturated carbocycles. The first-order chi connectivity index (χ1) is 10.0. The number of hydrogen-bond acceptors (Lipinski definition) is 3. The molecule has 1 amide bonds. The molecular weight excluding hydrogens is 264 g/mol. The molecule has 3 N–H and O–H groups in total. The molecule has 4 nitrogen and oxygen atoms in total.